The van der Waals surface area contributed by atoms with Crippen LogP contribution in [0.5, 0.6) is 5.88 Å². The molecule has 0 bridgehead atoms. The fraction of sp³-hybridized carbons (Fsp3) is 0.462. The van der Waals surface area contributed by atoms with Gasteiger partial charge in [0.05, 0.1) is 23.2 Å². The molecule has 1 atom stereocenters. The van der Waals surface area contributed by atoms with Gasteiger partial charge >= 0.3 is 0 Å². The summed E-state index contributed by atoms with van der Waals surface area (Å²) in [4.78, 5) is 33.9. The normalized spacial score (nSPS) is 23.1. The van der Waals surface area contributed by atoms with Crippen molar-refractivity contribution >= 4 is 22.7 Å². The third-order valence-corrected chi connectivity index (χ3v) is 6.93. The molecule has 2 fully saturated rings. The zero-order chi connectivity index (χ0) is 25.0. The molecule has 2 aliphatic rings. The number of ketones is 1. The number of Topliss-reactive ketones (excluding diaryl/α,β-unsaturated/α-hetero) is 1. The highest BCUT2D eigenvalue weighted by Crippen LogP contribution is 2.47. The van der Waals surface area contributed by atoms with E-state index in [2.05, 4.69) is 26.2 Å². The zero-order valence-electron chi connectivity index (χ0n) is 20.3. The number of aromatic amines is 1. The Morgan fingerprint density at radius 1 is 1.31 bits per heavy atom. The smallest absolute Gasteiger partial charge is 0.223 e. The quantitative estimate of drug-likeness (QED) is 0.598. The number of pyridine rings is 2. The number of nitrogens with one attached hydrogen (secondary N) is 1. The number of aromatic nitrogens is 4. The van der Waals surface area contributed by atoms with Gasteiger partial charge in [0.25, 0.3) is 0 Å². The number of nitriles is 1. The van der Waals surface area contributed by atoms with E-state index in [1.807, 2.05) is 38.1 Å². The molecule has 9 heteroatoms. The highest BCUT2D eigenvalue weighted by molar-refractivity contribution is 5.89. The molecule has 1 aliphatic carbocycles. The van der Waals surface area contributed by atoms with E-state index in [4.69, 9.17) is 10.00 Å². The van der Waals surface area contributed by atoms with Crippen LogP contribution in [0.4, 0.5) is 0 Å². The van der Waals surface area contributed by atoms with Crippen molar-refractivity contribution in [2.75, 3.05) is 6.54 Å². The summed E-state index contributed by atoms with van der Waals surface area (Å²) in [7, 11) is 0. The van der Waals surface area contributed by atoms with E-state index < -0.39 is 5.41 Å². The Balaban J connectivity index is 0.000000221. The fourth-order valence-corrected chi connectivity index (χ4v) is 4.94. The molecular weight excluding hydrogens is 444 g/mol. The van der Waals surface area contributed by atoms with Gasteiger partial charge in [-0.05, 0) is 44.4 Å². The summed E-state index contributed by atoms with van der Waals surface area (Å²) in [6.45, 7) is 6.20. The number of H-pyrrole nitrogens is 1. The molecule has 35 heavy (non-hydrogen) atoms. The standard InChI is InChI=1S/C18H18N4O2.C8H12N2O/c1-11-14(4-3-7-19-11)18(12(2)23)8-13(9-18)24-17-6-5-15-16(21-17)10-20-22-15;1-2-8(11)10-5-3-4-7(10)6-9/h3-7,10,13H,8-9H2,1-2H3,(H,20,22);7H,2-5H2,1H3. The molecular formula is C26H30N6O3. The highest BCUT2D eigenvalue weighted by atomic mass is 16.5. The van der Waals surface area contributed by atoms with Crippen molar-refractivity contribution in [1.82, 2.24) is 25.1 Å². The molecule has 1 amide bonds. The number of hydrogen-bond acceptors (Lipinski definition) is 7. The van der Waals surface area contributed by atoms with Crippen LogP contribution < -0.4 is 4.74 Å². The summed E-state index contributed by atoms with van der Waals surface area (Å²) in [5.74, 6) is 0.833. The minimum Gasteiger partial charge on any atom is -0.474 e. The lowest BCUT2D eigenvalue weighted by atomic mass is 9.60. The van der Waals surface area contributed by atoms with E-state index in [1.54, 1.807) is 24.2 Å². The predicted octanol–water partition coefficient (Wildman–Crippen LogP) is 3.64. The first kappa shape index (κ1) is 24.3. The first-order chi connectivity index (χ1) is 16.9. The molecule has 1 aliphatic heterocycles. The average molecular weight is 475 g/mol. The van der Waals surface area contributed by atoms with Gasteiger partial charge in [0.1, 0.15) is 23.4 Å². The molecule has 1 saturated heterocycles. The number of nitrogens with zero attached hydrogens (tertiary/aromatic N) is 5. The number of amides is 1. The predicted molar refractivity (Wildman–Crippen MR) is 130 cm³/mol. The molecule has 182 valence electrons. The Labute approximate surface area is 204 Å². The third-order valence-electron chi connectivity index (χ3n) is 6.93. The van der Waals surface area contributed by atoms with Gasteiger partial charge in [-0.1, -0.05) is 13.0 Å². The van der Waals surface area contributed by atoms with Crippen LogP contribution >= 0.6 is 0 Å². The first-order valence-corrected chi connectivity index (χ1v) is 12.0. The topological polar surface area (TPSA) is 125 Å². The Morgan fingerprint density at radius 3 is 2.80 bits per heavy atom. The van der Waals surface area contributed by atoms with Gasteiger partial charge in [0, 0.05) is 43.8 Å². The van der Waals surface area contributed by atoms with Crippen LogP contribution in [-0.4, -0.2) is 55.4 Å². The summed E-state index contributed by atoms with van der Waals surface area (Å²) >= 11 is 0. The second-order valence-corrected chi connectivity index (χ2v) is 9.10. The number of rotatable bonds is 5. The summed E-state index contributed by atoms with van der Waals surface area (Å²) in [5, 5.41) is 15.5. The van der Waals surface area contributed by atoms with Crippen molar-refractivity contribution in [1.29, 1.82) is 5.26 Å². The number of fused-ring (bicyclic) bond motifs is 1. The monoisotopic (exact) mass is 474 g/mol. The molecule has 1 saturated carbocycles. The Morgan fingerprint density at radius 2 is 2.11 bits per heavy atom. The molecule has 5 rings (SSSR count). The van der Waals surface area contributed by atoms with E-state index in [0.29, 0.717) is 25.1 Å². The Kier molecular flexibility index (Phi) is 7.10. The highest BCUT2D eigenvalue weighted by Gasteiger charge is 2.51. The molecule has 3 aromatic rings. The molecule has 3 aromatic heterocycles. The first-order valence-electron chi connectivity index (χ1n) is 12.0. The van der Waals surface area contributed by atoms with E-state index in [-0.39, 0.29) is 23.8 Å². The van der Waals surface area contributed by atoms with Crippen molar-refractivity contribution < 1.29 is 14.3 Å². The fourth-order valence-electron chi connectivity index (χ4n) is 4.94. The van der Waals surface area contributed by atoms with Gasteiger partial charge in [-0.25, -0.2) is 4.98 Å². The van der Waals surface area contributed by atoms with Crippen molar-refractivity contribution in [3.8, 4) is 11.9 Å². The molecule has 0 spiro atoms. The van der Waals surface area contributed by atoms with Crippen LogP contribution in [0.1, 0.15) is 57.2 Å². The van der Waals surface area contributed by atoms with E-state index in [0.717, 1.165) is 41.7 Å². The van der Waals surface area contributed by atoms with Crippen molar-refractivity contribution in [2.45, 2.75) is 70.4 Å². The number of carbonyl (C=O) groups is 2. The lowest BCUT2D eigenvalue weighted by Gasteiger charge is -2.46. The summed E-state index contributed by atoms with van der Waals surface area (Å²) in [5.41, 5.74) is 3.08. The molecule has 1 unspecified atom stereocenters. The van der Waals surface area contributed by atoms with Gasteiger partial charge in [-0.15, -0.1) is 0 Å². The molecule has 9 nitrogen and oxygen atoms in total. The van der Waals surface area contributed by atoms with Crippen LogP contribution in [0.25, 0.3) is 11.0 Å². The maximum absolute atomic E-state index is 12.3. The molecule has 4 heterocycles. The molecule has 1 N–H and O–H groups in total. The Hall–Kier alpha value is -3.80. The number of aryl methyl sites for hydroxylation is 1. The van der Waals surface area contributed by atoms with E-state index >= 15 is 0 Å². The number of ether oxygens (including phenoxy) is 1. The zero-order valence-corrected chi connectivity index (χ0v) is 20.3. The second-order valence-electron chi connectivity index (χ2n) is 9.10. The van der Waals surface area contributed by atoms with Crippen molar-refractivity contribution in [2.24, 2.45) is 0 Å². The van der Waals surface area contributed by atoms with E-state index in [9.17, 15) is 9.59 Å². The SMILES string of the molecule is CC(=O)C1(c2cccnc2C)CC(Oc2ccc3[nH]ncc3n2)C1.CCC(=O)N1CCCC1C#N. The number of likely N-dealkylation sites (tertiary alicyclic amines) is 1. The maximum atomic E-state index is 12.3. The minimum absolute atomic E-state index is 0.0228. The lowest BCUT2D eigenvalue weighted by molar-refractivity contribution is -0.131. The summed E-state index contributed by atoms with van der Waals surface area (Å²) in [6, 6.07) is 9.58. The van der Waals surface area contributed by atoms with Gasteiger partial charge in [0.15, 0.2) is 0 Å². The molecule has 0 radical (unpaired) electrons. The van der Waals surface area contributed by atoms with Crippen LogP contribution in [0.2, 0.25) is 0 Å². The Bertz CT molecular complexity index is 1260. The summed E-state index contributed by atoms with van der Waals surface area (Å²) < 4.78 is 5.97. The number of hydrogen-bond donors (Lipinski definition) is 1. The van der Waals surface area contributed by atoms with Crippen LogP contribution in [-0.2, 0) is 15.0 Å². The van der Waals surface area contributed by atoms with Gasteiger partial charge in [-0.2, -0.15) is 10.4 Å². The van der Waals surface area contributed by atoms with Gasteiger partial charge in [0.2, 0.25) is 11.8 Å². The van der Waals surface area contributed by atoms with Crippen LogP contribution in [0, 0.1) is 18.3 Å². The number of carbonyl (C=O) groups excluding carboxylic acids is 2. The largest absolute Gasteiger partial charge is 0.474 e. The maximum Gasteiger partial charge on any atom is 0.223 e. The average Bonchev–Trinajstić information content (AvgIpc) is 3.50. The van der Waals surface area contributed by atoms with Gasteiger partial charge < -0.3 is 9.64 Å². The van der Waals surface area contributed by atoms with Crippen LogP contribution in [0.3, 0.4) is 0 Å². The van der Waals surface area contributed by atoms with Crippen molar-refractivity contribution in [3.05, 3.63) is 47.9 Å². The third kappa shape index (κ3) is 4.87. The van der Waals surface area contributed by atoms with E-state index in [1.165, 1.54) is 0 Å². The minimum atomic E-state index is -0.483. The lowest BCUT2D eigenvalue weighted by Crippen LogP contribution is -2.52. The summed E-state index contributed by atoms with van der Waals surface area (Å²) in [6.07, 6.45) is 7.04. The van der Waals surface area contributed by atoms with Crippen LogP contribution in [0.15, 0.2) is 36.7 Å². The van der Waals surface area contributed by atoms with Crippen molar-refractivity contribution in [3.63, 3.8) is 0 Å². The van der Waals surface area contributed by atoms with Gasteiger partial charge in [-0.3, -0.25) is 19.7 Å². The molecule has 0 aromatic carbocycles. The second kappa shape index (κ2) is 10.2.